The molecule has 0 aliphatic heterocycles. The van der Waals surface area contributed by atoms with Gasteiger partial charge in [0.15, 0.2) is 0 Å². The van der Waals surface area contributed by atoms with Crippen LogP contribution in [0.2, 0.25) is 0 Å². The van der Waals surface area contributed by atoms with Crippen molar-refractivity contribution in [1.29, 1.82) is 0 Å². The smallest absolute Gasteiger partial charge is 0.0467 e. The summed E-state index contributed by atoms with van der Waals surface area (Å²) in [6, 6.07) is 0. The fourth-order valence-corrected chi connectivity index (χ4v) is 2.06. The molecule has 1 rings (SSSR count). The topological polar surface area (TPSA) is 20.2 Å². The van der Waals surface area contributed by atoms with Gasteiger partial charge in [-0.2, -0.15) is 0 Å². The predicted octanol–water partition coefficient (Wildman–Crippen LogP) is 2.22. The Hall–Kier alpha value is -0.300. The lowest BCUT2D eigenvalue weighted by atomic mass is 9.79. The summed E-state index contributed by atoms with van der Waals surface area (Å²) in [6.45, 7) is 10.9. The van der Waals surface area contributed by atoms with Crippen molar-refractivity contribution in [3.05, 3.63) is 12.2 Å². The van der Waals surface area contributed by atoms with Crippen molar-refractivity contribution in [2.24, 2.45) is 17.3 Å². The van der Waals surface area contributed by atoms with E-state index in [1.165, 1.54) is 5.57 Å². The van der Waals surface area contributed by atoms with Crippen molar-refractivity contribution in [1.82, 2.24) is 0 Å². The van der Waals surface area contributed by atoms with Gasteiger partial charge in [0.2, 0.25) is 0 Å². The number of aliphatic hydroxyl groups excluding tert-OH is 1. The first-order valence-corrected chi connectivity index (χ1v) is 4.30. The highest BCUT2D eigenvalue weighted by Crippen LogP contribution is 2.48. The Labute approximate surface area is 69.1 Å². The predicted molar refractivity (Wildman–Crippen MR) is 47.3 cm³/mol. The summed E-state index contributed by atoms with van der Waals surface area (Å²) < 4.78 is 0. The maximum absolute atomic E-state index is 9.10. The van der Waals surface area contributed by atoms with E-state index in [-0.39, 0.29) is 5.41 Å². The first-order chi connectivity index (χ1) is 5.00. The molecule has 0 amide bonds. The molecular weight excluding hydrogens is 136 g/mol. The highest BCUT2D eigenvalue weighted by Gasteiger charge is 2.40. The second-order valence-electron chi connectivity index (χ2n) is 4.26. The van der Waals surface area contributed by atoms with Crippen molar-refractivity contribution in [2.75, 3.05) is 6.61 Å². The lowest BCUT2D eigenvalue weighted by Crippen LogP contribution is -2.21. The Morgan fingerprint density at radius 1 is 1.64 bits per heavy atom. The first-order valence-electron chi connectivity index (χ1n) is 4.30. The van der Waals surface area contributed by atoms with Crippen LogP contribution in [-0.4, -0.2) is 11.7 Å². The van der Waals surface area contributed by atoms with Gasteiger partial charge >= 0.3 is 0 Å². The van der Waals surface area contributed by atoms with Gasteiger partial charge in [-0.15, -0.1) is 0 Å². The van der Waals surface area contributed by atoms with E-state index >= 15 is 0 Å². The normalized spacial score (nSPS) is 36.2. The van der Waals surface area contributed by atoms with Crippen molar-refractivity contribution in [3.8, 4) is 0 Å². The van der Waals surface area contributed by atoms with Crippen LogP contribution in [0.15, 0.2) is 12.2 Å². The average molecular weight is 154 g/mol. The van der Waals surface area contributed by atoms with E-state index in [9.17, 15) is 0 Å². The minimum absolute atomic E-state index is 0.147. The molecule has 0 bridgehead atoms. The average Bonchev–Trinajstić information content (AvgIpc) is 2.13. The molecule has 0 aromatic rings. The van der Waals surface area contributed by atoms with Gasteiger partial charge in [0.25, 0.3) is 0 Å². The molecule has 0 saturated heterocycles. The lowest BCUT2D eigenvalue weighted by molar-refractivity contribution is 0.161. The number of hydrogen-bond acceptors (Lipinski definition) is 1. The second kappa shape index (κ2) is 2.63. The van der Waals surface area contributed by atoms with Crippen molar-refractivity contribution in [3.63, 3.8) is 0 Å². The minimum atomic E-state index is 0.147. The van der Waals surface area contributed by atoms with E-state index in [1.807, 2.05) is 0 Å². The number of rotatable bonds is 1. The van der Waals surface area contributed by atoms with Crippen LogP contribution in [0.25, 0.3) is 0 Å². The zero-order chi connectivity index (χ0) is 8.65. The molecule has 0 radical (unpaired) electrons. The number of hydrogen-bond donors (Lipinski definition) is 1. The molecular formula is C10H18O. The molecule has 0 aromatic carbocycles. The summed E-state index contributed by atoms with van der Waals surface area (Å²) in [5.41, 5.74) is 1.45. The molecule has 1 aliphatic rings. The number of allylic oxidation sites excluding steroid dienone is 1. The maximum atomic E-state index is 9.10. The molecule has 1 fully saturated rings. The fourth-order valence-electron chi connectivity index (χ4n) is 2.06. The van der Waals surface area contributed by atoms with E-state index in [1.54, 1.807) is 0 Å². The van der Waals surface area contributed by atoms with Gasteiger partial charge in [0.05, 0.1) is 0 Å². The summed E-state index contributed by atoms with van der Waals surface area (Å²) in [7, 11) is 0. The zero-order valence-corrected chi connectivity index (χ0v) is 7.72. The van der Waals surface area contributed by atoms with Gasteiger partial charge in [0, 0.05) is 6.61 Å². The van der Waals surface area contributed by atoms with Gasteiger partial charge in [-0.3, -0.25) is 0 Å². The minimum Gasteiger partial charge on any atom is -0.396 e. The summed E-state index contributed by atoms with van der Waals surface area (Å²) in [5, 5.41) is 9.10. The molecule has 1 nitrogen and oxygen atoms in total. The van der Waals surface area contributed by atoms with Crippen LogP contribution < -0.4 is 0 Å². The highest BCUT2D eigenvalue weighted by atomic mass is 16.3. The molecule has 0 aromatic heterocycles. The van der Waals surface area contributed by atoms with E-state index in [4.69, 9.17) is 5.11 Å². The van der Waals surface area contributed by atoms with Crippen LogP contribution in [0, 0.1) is 17.3 Å². The summed E-state index contributed by atoms with van der Waals surface area (Å²) in [4.78, 5) is 0. The molecule has 2 atom stereocenters. The Bertz CT molecular complexity index is 170. The standard InChI is InChI=1S/C10H18O/c1-7-5-9(6-11)10(3,4)8(7)2/h7,9,11H,2,5-6H2,1,3-4H3/t7-,9-/m1/s1. The Morgan fingerprint density at radius 2 is 2.18 bits per heavy atom. The number of aliphatic hydroxyl groups is 1. The molecule has 1 saturated carbocycles. The van der Waals surface area contributed by atoms with Crippen molar-refractivity contribution < 1.29 is 5.11 Å². The van der Waals surface area contributed by atoms with E-state index in [0.717, 1.165) is 6.42 Å². The lowest BCUT2D eigenvalue weighted by Gasteiger charge is -2.26. The van der Waals surface area contributed by atoms with Gasteiger partial charge < -0.3 is 5.11 Å². The highest BCUT2D eigenvalue weighted by molar-refractivity contribution is 5.18. The molecule has 64 valence electrons. The molecule has 1 aliphatic carbocycles. The zero-order valence-electron chi connectivity index (χ0n) is 7.72. The third-order valence-corrected chi connectivity index (χ3v) is 3.30. The summed E-state index contributed by atoms with van der Waals surface area (Å²) in [6.07, 6.45) is 1.10. The van der Waals surface area contributed by atoms with Crippen molar-refractivity contribution >= 4 is 0 Å². The van der Waals surface area contributed by atoms with Gasteiger partial charge in [-0.1, -0.05) is 32.9 Å². The van der Waals surface area contributed by atoms with Gasteiger partial charge in [-0.25, -0.2) is 0 Å². The van der Waals surface area contributed by atoms with Crippen LogP contribution in [-0.2, 0) is 0 Å². The van der Waals surface area contributed by atoms with Crippen LogP contribution >= 0.6 is 0 Å². The van der Waals surface area contributed by atoms with Crippen LogP contribution in [0.5, 0.6) is 0 Å². The van der Waals surface area contributed by atoms with Crippen LogP contribution in [0.4, 0.5) is 0 Å². The fraction of sp³-hybridized carbons (Fsp3) is 0.800. The molecule has 1 N–H and O–H groups in total. The molecule has 0 heterocycles. The third kappa shape index (κ3) is 1.22. The van der Waals surface area contributed by atoms with Gasteiger partial charge in [-0.05, 0) is 23.7 Å². The molecule has 1 heteroatoms. The van der Waals surface area contributed by atoms with Gasteiger partial charge in [0.1, 0.15) is 0 Å². The summed E-state index contributed by atoms with van der Waals surface area (Å²) >= 11 is 0. The third-order valence-electron chi connectivity index (χ3n) is 3.30. The van der Waals surface area contributed by atoms with Crippen LogP contribution in [0.3, 0.4) is 0 Å². The van der Waals surface area contributed by atoms with Crippen molar-refractivity contribution in [2.45, 2.75) is 27.2 Å². The molecule has 0 unspecified atom stereocenters. The summed E-state index contributed by atoms with van der Waals surface area (Å²) in [5.74, 6) is 1.01. The Kier molecular flexibility index (Phi) is 2.10. The second-order valence-corrected chi connectivity index (χ2v) is 4.26. The maximum Gasteiger partial charge on any atom is 0.0467 e. The Morgan fingerprint density at radius 3 is 2.36 bits per heavy atom. The van der Waals surface area contributed by atoms with E-state index in [0.29, 0.717) is 18.4 Å². The van der Waals surface area contributed by atoms with E-state index in [2.05, 4.69) is 27.4 Å². The van der Waals surface area contributed by atoms with E-state index < -0.39 is 0 Å². The first kappa shape index (κ1) is 8.79. The molecule has 11 heavy (non-hydrogen) atoms. The quantitative estimate of drug-likeness (QED) is 0.574. The Balaban J connectivity index is 2.82. The van der Waals surface area contributed by atoms with Crippen LogP contribution in [0.1, 0.15) is 27.2 Å². The molecule has 0 spiro atoms. The SMILES string of the molecule is C=C1[C@H](C)C[C@H](CO)C1(C)C. The monoisotopic (exact) mass is 154 g/mol. The largest absolute Gasteiger partial charge is 0.396 e.